The van der Waals surface area contributed by atoms with Crippen LogP contribution in [0.1, 0.15) is 45.0 Å². The third-order valence-electron chi connectivity index (χ3n) is 6.20. The molecule has 1 spiro atoms. The zero-order chi connectivity index (χ0) is 28.0. The average Bonchev–Trinajstić information content (AvgIpc) is 2.98. The number of alkyl halides is 3. The van der Waals surface area contributed by atoms with Gasteiger partial charge in [-0.25, -0.2) is 33.2 Å². The van der Waals surface area contributed by atoms with Crippen LogP contribution < -0.4 is 4.90 Å². The minimum atomic E-state index is -4.83. The van der Waals surface area contributed by atoms with Crippen LogP contribution in [0, 0.1) is 11.6 Å². The maximum Gasteiger partial charge on any atom is 0.451 e. The molecular weight excluding hydrogens is 517 g/mol. The highest BCUT2D eigenvalue weighted by Gasteiger charge is 2.59. The molecule has 2 aliphatic rings. The van der Waals surface area contributed by atoms with E-state index in [1.807, 2.05) is 0 Å². The largest absolute Gasteiger partial charge is 0.451 e. The zero-order valence-electron chi connectivity index (χ0n) is 20.7. The van der Waals surface area contributed by atoms with Gasteiger partial charge in [-0.05, 0) is 51.3 Å². The summed E-state index contributed by atoms with van der Waals surface area (Å²) in [6.07, 6.45) is -4.13. The molecule has 0 atom stereocenters. The third-order valence-corrected chi connectivity index (χ3v) is 6.20. The molecule has 1 aromatic carbocycles. The number of urea groups is 1. The second-order valence-electron chi connectivity index (χ2n) is 10.0. The molecule has 9 nitrogen and oxygen atoms in total. The van der Waals surface area contributed by atoms with Crippen molar-refractivity contribution in [3.8, 4) is 0 Å². The summed E-state index contributed by atoms with van der Waals surface area (Å²) in [6.45, 7) is 4.74. The van der Waals surface area contributed by atoms with E-state index in [1.165, 1.54) is 4.90 Å². The van der Waals surface area contributed by atoms with Gasteiger partial charge in [0.1, 0.15) is 22.8 Å². The SMILES string of the molecule is CC(C)(C)OC(=O)N1CCC2(CC1)C(=O)N(c1cnc(C(F)(F)F)nc1)C(=O)N2Cc1cc(F)cc(F)c1. The van der Waals surface area contributed by atoms with Gasteiger partial charge in [-0.15, -0.1) is 0 Å². The molecule has 0 bridgehead atoms. The second kappa shape index (κ2) is 9.48. The lowest BCUT2D eigenvalue weighted by atomic mass is 9.85. The minimum Gasteiger partial charge on any atom is -0.444 e. The van der Waals surface area contributed by atoms with Gasteiger partial charge in [0.25, 0.3) is 5.91 Å². The molecule has 4 rings (SSSR count). The van der Waals surface area contributed by atoms with Crippen molar-refractivity contribution in [2.24, 2.45) is 0 Å². The number of carbonyl (C=O) groups is 3. The number of amides is 4. The predicted octanol–water partition coefficient (Wildman–Crippen LogP) is 4.51. The van der Waals surface area contributed by atoms with Crippen molar-refractivity contribution in [3.63, 3.8) is 0 Å². The maximum absolute atomic E-state index is 13.9. The van der Waals surface area contributed by atoms with Crippen LogP contribution in [-0.2, 0) is 22.3 Å². The van der Waals surface area contributed by atoms with Crippen LogP contribution in [-0.4, -0.2) is 62.0 Å². The van der Waals surface area contributed by atoms with E-state index in [2.05, 4.69) is 9.97 Å². The van der Waals surface area contributed by atoms with E-state index in [0.717, 1.165) is 17.0 Å². The first-order valence-electron chi connectivity index (χ1n) is 11.6. The molecule has 1 aromatic heterocycles. The number of carbonyl (C=O) groups excluding carboxylic acids is 3. The molecule has 2 fully saturated rings. The number of ether oxygens (including phenoxy) is 1. The summed E-state index contributed by atoms with van der Waals surface area (Å²) in [7, 11) is 0. The summed E-state index contributed by atoms with van der Waals surface area (Å²) in [5.74, 6) is -4.00. The van der Waals surface area contributed by atoms with E-state index in [-0.39, 0.29) is 43.7 Å². The van der Waals surface area contributed by atoms with Crippen molar-refractivity contribution in [3.05, 3.63) is 53.6 Å². The Kier molecular flexibility index (Phi) is 6.78. The average molecular weight is 541 g/mol. The molecular formula is C24H24F5N5O4. The first-order valence-corrected chi connectivity index (χ1v) is 11.6. The van der Waals surface area contributed by atoms with Crippen molar-refractivity contribution in [1.82, 2.24) is 19.8 Å². The maximum atomic E-state index is 13.9. The Hall–Kier alpha value is -3.84. The standard InChI is InChI=1S/C24H24F5N5O4/c1-22(2,3)38-21(37)32-6-4-23(5-7-32)19(35)34(17-11-30-18(31-12-17)24(27,28)29)20(36)33(23)13-14-8-15(25)10-16(26)9-14/h8-12H,4-7,13H2,1-3H3. The molecule has 0 unspecified atom stereocenters. The molecule has 3 heterocycles. The highest BCUT2D eigenvalue weighted by atomic mass is 19.4. The van der Waals surface area contributed by atoms with Crippen LogP contribution in [0.2, 0.25) is 0 Å². The van der Waals surface area contributed by atoms with Crippen LogP contribution >= 0.6 is 0 Å². The molecule has 0 radical (unpaired) electrons. The number of benzene rings is 1. The number of nitrogens with zero attached hydrogens (tertiary/aromatic N) is 5. The molecule has 38 heavy (non-hydrogen) atoms. The number of hydrogen-bond donors (Lipinski definition) is 0. The fourth-order valence-corrected chi connectivity index (χ4v) is 4.50. The van der Waals surface area contributed by atoms with Crippen molar-refractivity contribution in [1.29, 1.82) is 0 Å². The van der Waals surface area contributed by atoms with Crippen LogP contribution in [0.4, 0.5) is 37.2 Å². The first-order chi connectivity index (χ1) is 17.6. The Morgan fingerprint density at radius 2 is 1.55 bits per heavy atom. The van der Waals surface area contributed by atoms with Gasteiger partial charge in [0, 0.05) is 25.7 Å². The Labute approximate surface area is 214 Å². The highest BCUT2D eigenvalue weighted by molar-refractivity contribution is 6.23. The van der Waals surface area contributed by atoms with Gasteiger partial charge in [-0.2, -0.15) is 13.2 Å². The van der Waals surface area contributed by atoms with E-state index in [4.69, 9.17) is 4.74 Å². The molecule has 0 N–H and O–H groups in total. The molecule has 2 saturated heterocycles. The molecule has 14 heteroatoms. The molecule has 2 aromatic rings. The second-order valence-corrected chi connectivity index (χ2v) is 10.0. The number of piperidine rings is 1. The van der Waals surface area contributed by atoms with Gasteiger partial charge in [-0.1, -0.05) is 0 Å². The Morgan fingerprint density at radius 3 is 2.05 bits per heavy atom. The number of likely N-dealkylation sites (tertiary alicyclic amines) is 1. The minimum absolute atomic E-state index is 0.0132. The summed E-state index contributed by atoms with van der Waals surface area (Å²) in [4.78, 5) is 49.4. The van der Waals surface area contributed by atoms with Gasteiger partial charge < -0.3 is 14.5 Å². The fourth-order valence-electron chi connectivity index (χ4n) is 4.50. The molecule has 0 saturated carbocycles. The fraction of sp³-hybridized carbons (Fsp3) is 0.458. The van der Waals surface area contributed by atoms with Crippen LogP contribution in [0.5, 0.6) is 0 Å². The topological polar surface area (TPSA) is 95.9 Å². The van der Waals surface area contributed by atoms with Crippen LogP contribution in [0.3, 0.4) is 0 Å². The van der Waals surface area contributed by atoms with E-state index in [1.54, 1.807) is 20.8 Å². The van der Waals surface area contributed by atoms with Gasteiger partial charge in [0.15, 0.2) is 0 Å². The Morgan fingerprint density at radius 1 is 1.00 bits per heavy atom. The number of rotatable bonds is 3. The number of halogens is 5. The van der Waals surface area contributed by atoms with E-state index in [9.17, 15) is 36.3 Å². The van der Waals surface area contributed by atoms with Crippen molar-refractivity contribution in [2.45, 2.75) is 57.5 Å². The van der Waals surface area contributed by atoms with Crippen LogP contribution in [0.15, 0.2) is 30.6 Å². The highest BCUT2D eigenvalue weighted by Crippen LogP contribution is 2.41. The molecule has 2 aliphatic heterocycles. The van der Waals surface area contributed by atoms with E-state index in [0.29, 0.717) is 23.4 Å². The smallest absolute Gasteiger partial charge is 0.444 e. The summed E-state index contributed by atoms with van der Waals surface area (Å²) in [5.41, 5.74) is -2.54. The van der Waals surface area contributed by atoms with E-state index < -0.39 is 52.8 Å². The predicted molar refractivity (Wildman–Crippen MR) is 122 cm³/mol. The normalized spacial score (nSPS) is 17.9. The third kappa shape index (κ3) is 5.24. The molecule has 204 valence electrons. The van der Waals surface area contributed by atoms with Gasteiger partial charge in [-0.3, -0.25) is 4.79 Å². The van der Waals surface area contributed by atoms with Gasteiger partial charge in [0.2, 0.25) is 5.82 Å². The van der Waals surface area contributed by atoms with Crippen molar-refractivity contribution < 1.29 is 41.1 Å². The van der Waals surface area contributed by atoms with Gasteiger partial charge in [0.05, 0.1) is 18.1 Å². The van der Waals surface area contributed by atoms with E-state index >= 15 is 0 Å². The van der Waals surface area contributed by atoms with Gasteiger partial charge >= 0.3 is 18.3 Å². The lowest BCUT2D eigenvalue weighted by Crippen LogP contribution is -2.57. The number of anilines is 1. The summed E-state index contributed by atoms with van der Waals surface area (Å²) in [6, 6.07) is 1.75. The molecule has 4 amide bonds. The quantitative estimate of drug-likeness (QED) is 0.419. The number of imide groups is 1. The number of aromatic nitrogens is 2. The first kappa shape index (κ1) is 27.2. The van der Waals surface area contributed by atoms with Crippen LogP contribution in [0.25, 0.3) is 0 Å². The summed E-state index contributed by atoms with van der Waals surface area (Å²) < 4.78 is 71.9. The summed E-state index contributed by atoms with van der Waals surface area (Å²) in [5, 5.41) is 0. The molecule has 0 aliphatic carbocycles. The summed E-state index contributed by atoms with van der Waals surface area (Å²) >= 11 is 0. The Bertz CT molecular complexity index is 1230. The number of hydrogen-bond acceptors (Lipinski definition) is 6. The monoisotopic (exact) mass is 541 g/mol. The lowest BCUT2D eigenvalue weighted by Gasteiger charge is -2.42. The van der Waals surface area contributed by atoms with Crippen molar-refractivity contribution in [2.75, 3.05) is 18.0 Å². The van der Waals surface area contributed by atoms with Crippen molar-refractivity contribution >= 4 is 23.7 Å². The Balaban J connectivity index is 1.67. The zero-order valence-corrected chi connectivity index (χ0v) is 20.7. The lowest BCUT2D eigenvalue weighted by molar-refractivity contribution is -0.145.